The van der Waals surface area contributed by atoms with E-state index < -0.39 is 0 Å². The van der Waals surface area contributed by atoms with Crippen molar-refractivity contribution >= 4 is 32.8 Å². The molecule has 0 atom stereocenters. The van der Waals surface area contributed by atoms with Gasteiger partial charge in [0.05, 0.1) is 11.3 Å². The van der Waals surface area contributed by atoms with Crippen LogP contribution in [0.3, 0.4) is 0 Å². The third kappa shape index (κ3) is 2.60. The minimum absolute atomic E-state index is 0.365. The van der Waals surface area contributed by atoms with Gasteiger partial charge in [-0.05, 0) is 35.2 Å². The molecule has 0 saturated heterocycles. The first-order valence-corrected chi connectivity index (χ1v) is 9.65. The molecule has 6 rings (SSSR count). The van der Waals surface area contributed by atoms with Crippen molar-refractivity contribution in [2.24, 2.45) is 0 Å². The van der Waals surface area contributed by atoms with Crippen molar-refractivity contribution in [2.45, 2.75) is 0 Å². The Labute approximate surface area is 170 Å². The zero-order valence-corrected chi connectivity index (χ0v) is 15.8. The van der Waals surface area contributed by atoms with Gasteiger partial charge in [0.25, 0.3) is 0 Å². The molecule has 0 aliphatic rings. The Hall–Kier alpha value is -4.25. The monoisotopic (exact) mass is 389 g/mol. The van der Waals surface area contributed by atoms with E-state index in [-0.39, 0.29) is 5.63 Å². The second-order valence-corrected chi connectivity index (χ2v) is 7.18. The van der Waals surface area contributed by atoms with Crippen molar-refractivity contribution in [3.8, 4) is 16.8 Å². The summed E-state index contributed by atoms with van der Waals surface area (Å²) in [5, 5.41) is 12.3. The van der Waals surface area contributed by atoms with Gasteiger partial charge >= 0.3 is 5.63 Å². The third-order valence-electron chi connectivity index (χ3n) is 5.31. The topological polar surface area (TPSA) is 60.9 Å². The Morgan fingerprint density at radius 2 is 1.53 bits per heavy atom. The molecule has 0 spiro atoms. The molecule has 0 amide bonds. The quantitative estimate of drug-likeness (QED) is 0.375. The largest absolute Gasteiger partial charge is 0.422 e. The predicted molar refractivity (Wildman–Crippen MR) is 118 cm³/mol. The molecule has 0 saturated carbocycles. The summed E-state index contributed by atoms with van der Waals surface area (Å²) in [6, 6.07) is 29.1. The number of aromatic nitrogens is 3. The maximum Gasteiger partial charge on any atom is 0.344 e. The Kier molecular flexibility index (Phi) is 3.55. The lowest BCUT2D eigenvalue weighted by molar-refractivity contribution is 0.563. The standard InChI is InChI=1S/C25H15N3O2/c29-25-21(16-6-2-1-3-7-16)14-18-10-12-19(15-23(18)30-25)28-26-22-13-11-17-8-4-5-9-20(17)24(22)27-28/h1-15H. The molecule has 0 aliphatic heterocycles. The fourth-order valence-electron chi connectivity index (χ4n) is 3.81. The molecule has 0 aliphatic carbocycles. The number of hydrogen-bond donors (Lipinski definition) is 0. The van der Waals surface area contributed by atoms with Gasteiger partial charge in [-0.3, -0.25) is 0 Å². The molecule has 0 fully saturated rings. The summed E-state index contributed by atoms with van der Waals surface area (Å²) in [6.45, 7) is 0. The summed E-state index contributed by atoms with van der Waals surface area (Å²) in [7, 11) is 0. The van der Waals surface area contributed by atoms with Crippen LogP contribution in [0.25, 0.3) is 49.6 Å². The molecular weight excluding hydrogens is 374 g/mol. The Bertz CT molecular complexity index is 1610. The van der Waals surface area contributed by atoms with Gasteiger partial charge in [0.15, 0.2) is 0 Å². The fourth-order valence-corrected chi connectivity index (χ4v) is 3.81. The smallest absolute Gasteiger partial charge is 0.344 e. The van der Waals surface area contributed by atoms with Crippen LogP contribution in [0.15, 0.2) is 100 Å². The van der Waals surface area contributed by atoms with Gasteiger partial charge in [-0.1, -0.05) is 60.7 Å². The van der Waals surface area contributed by atoms with Crippen LogP contribution in [0.1, 0.15) is 0 Å². The van der Waals surface area contributed by atoms with E-state index >= 15 is 0 Å². The zero-order chi connectivity index (χ0) is 20.1. The van der Waals surface area contributed by atoms with Crippen molar-refractivity contribution in [1.29, 1.82) is 0 Å². The highest BCUT2D eigenvalue weighted by atomic mass is 16.4. The summed E-state index contributed by atoms with van der Waals surface area (Å²) in [6.07, 6.45) is 0. The van der Waals surface area contributed by atoms with E-state index in [0.717, 1.165) is 38.4 Å². The SMILES string of the molecule is O=c1oc2cc(-n3nc4ccc5ccccc5c4n3)ccc2cc1-c1ccccc1. The van der Waals surface area contributed by atoms with E-state index in [4.69, 9.17) is 9.52 Å². The molecule has 5 nitrogen and oxygen atoms in total. The average Bonchev–Trinajstić information content (AvgIpc) is 3.24. The first-order valence-electron chi connectivity index (χ1n) is 9.65. The van der Waals surface area contributed by atoms with Crippen molar-refractivity contribution in [2.75, 3.05) is 0 Å². The maximum absolute atomic E-state index is 12.6. The van der Waals surface area contributed by atoms with Crippen molar-refractivity contribution in [1.82, 2.24) is 15.0 Å². The van der Waals surface area contributed by atoms with Gasteiger partial charge in [-0.2, -0.15) is 4.80 Å². The van der Waals surface area contributed by atoms with Gasteiger partial charge in [0.2, 0.25) is 0 Å². The lowest BCUT2D eigenvalue weighted by atomic mass is 10.1. The number of hydrogen-bond acceptors (Lipinski definition) is 4. The molecular formula is C25H15N3O2. The van der Waals surface area contributed by atoms with Crippen LogP contribution < -0.4 is 5.63 Å². The molecule has 4 aromatic carbocycles. The van der Waals surface area contributed by atoms with Gasteiger partial charge in [-0.25, -0.2) is 4.79 Å². The molecule has 0 bridgehead atoms. The lowest BCUT2D eigenvalue weighted by Crippen LogP contribution is -2.03. The van der Waals surface area contributed by atoms with E-state index in [0.29, 0.717) is 11.1 Å². The van der Waals surface area contributed by atoms with Gasteiger partial charge in [0, 0.05) is 16.8 Å². The van der Waals surface area contributed by atoms with Crippen LogP contribution in [-0.4, -0.2) is 15.0 Å². The van der Waals surface area contributed by atoms with Gasteiger partial charge < -0.3 is 4.42 Å². The highest BCUT2D eigenvalue weighted by Crippen LogP contribution is 2.25. The number of rotatable bonds is 2. The third-order valence-corrected chi connectivity index (χ3v) is 5.31. The van der Waals surface area contributed by atoms with E-state index in [1.165, 1.54) is 0 Å². The lowest BCUT2D eigenvalue weighted by Gasteiger charge is -2.04. The molecule has 5 heteroatoms. The van der Waals surface area contributed by atoms with Crippen LogP contribution in [0.5, 0.6) is 0 Å². The Morgan fingerprint density at radius 3 is 2.43 bits per heavy atom. The van der Waals surface area contributed by atoms with Crippen LogP contribution >= 0.6 is 0 Å². The minimum atomic E-state index is -0.365. The van der Waals surface area contributed by atoms with Crippen molar-refractivity contribution in [3.05, 3.63) is 101 Å². The Balaban J connectivity index is 1.50. The summed E-state index contributed by atoms with van der Waals surface area (Å²) in [4.78, 5) is 14.1. The van der Waals surface area contributed by atoms with E-state index in [9.17, 15) is 4.79 Å². The summed E-state index contributed by atoms with van der Waals surface area (Å²) < 4.78 is 5.63. The van der Waals surface area contributed by atoms with E-state index in [1.54, 1.807) is 10.9 Å². The minimum Gasteiger partial charge on any atom is -0.422 e. The van der Waals surface area contributed by atoms with Crippen LogP contribution in [-0.2, 0) is 0 Å². The van der Waals surface area contributed by atoms with E-state index in [1.807, 2.05) is 78.9 Å². The number of benzene rings is 4. The van der Waals surface area contributed by atoms with Crippen molar-refractivity contribution < 1.29 is 4.42 Å². The molecule has 0 N–H and O–H groups in total. The van der Waals surface area contributed by atoms with E-state index in [2.05, 4.69) is 11.2 Å². The van der Waals surface area contributed by atoms with Gasteiger partial charge in [0.1, 0.15) is 16.6 Å². The summed E-state index contributed by atoms with van der Waals surface area (Å²) in [5.74, 6) is 0. The molecule has 0 radical (unpaired) electrons. The number of fused-ring (bicyclic) bond motifs is 4. The first kappa shape index (κ1) is 16.7. The molecule has 6 aromatic rings. The fraction of sp³-hybridized carbons (Fsp3) is 0. The maximum atomic E-state index is 12.6. The molecule has 2 heterocycles. The average molecular weight is 389 g/mol. The molecule has 0 unspecified atom stereocenters. The second kappa shape index (κ2) is 6.39. The first-order chi connectivity index (χ1) is 14.8. The van der Waals surface area contributed by atoms with Crippen molar-refractivity contribution in [3.63, 3.8) is 0 Å². The highest BCUT2D eigenvalue weighted by molar-refractivity contribution is 6.03. The predicted octanol–water partition coefficient (Wildman–Crippen LogP) is 5.35. The summed E-state index contributed by atoms with van der Waals surface area (Å²) in [5.41, 5.74) is 3.91. The molecule has 142 valence electrons. The van der Waals surface area contributed by atoms with Crippen LogP contribution in [0, 0.1) is 0 Å². The van der Waals surface area contributed by atoms with Crippen LogP contribution in [0.4, 0.5) is 0 Å². The molecule has 2 aromatic heterocycles. The van der Waals surface area contributed by atoms with Gasteiger partial charge in [-0.15, -0.1) is 10.2 Å². The zero-order valence-electron chi connectivity index (χ0n) is 15.8. The van der Waals surface area contributed by atoms with Crippen LogP contribution in [0.2, 0.25) is 0 Å². The number of nitrogens with zero attached hydrogens (tertiary/aromatic N) is 3. The highest BCUT2D eigenvalue weighted by Gasteiger charge is 2.11. The second-order valence-electron chi connectivity index (χ2n) is 7.18. The summed E-state index contributed by atoms with van der Waals surface area (Å²) >= 11 is 0. The Morgan fingerprint density at radius 1 is 0.733 bits per heavy atom. The molecule has 30 heavy (non-hydrogen) atoms. The normalized spacial score (nSPS) is 11.5.